The van der Waals surface area contributed by atoms with E-state index in [1.807, 2.05) is 0 Å². The van der Waals surface area contributed by atoms with Crippen LogP contribution in [-0.2, 0) is 42.9 Å². The highest BCUT2D eigenvalue weighted by atomic mass is 16.7. The molecule has 1 saturated heterocycles. The zero-order chi connectivity index (χ0) is 28.2. The first-order chi connectivity index (χ1) is 17.4. The van der Waals surface area contributed by atoms with Crippen LogP contribution in [0, 0.1) is 28.1 Å². The number of hydrogen-bond acceptors (Lipinski definition) is 9. The van der Waals surface area contributed by atoms with Crippen LogP contribution in [0.5, 0.6) is 0 Å². The first-order valence-corrected chi connectivity index (χ1v) is 13.6. The summed E-state index contributed by atoms with van der Waals surface area (Å²) < 4.78 is 31.1. The molecule has 4 saturated carbocycles. The van der Waals surface area contributed by atoms with Crippen molar-refractivity contribution in [1.82, 2.24) is 0 Å². The van der Waals surface area contributed by atoms with Gasteiger partial charge in [-0.15, -0.1) is 0 Å². The lowest BCUT2D eigenvalue weighted by Crippen LogP contribution is -2.78. The van der Waals surface area contributed by atoms with Crippen molar-refractivity contribution in [2.24, 2.45) is 28.1 Å². The second-order valence-corrected chi connectivity index (χ2v) is 13.3. The van der Waals surface area contributed by atoms with Crippen molar-refractivity contribution in [2.45, 2.75) is 117 Å². The molecule has 0 amide bonds. The molecule has 1 spiro atoms. The van der Waals surface area contributed by atoms with E-state index in [2.05, 4.69) is 27.4 Å². The Morgan fingerprint density at radius 1 is 0.947 bits per heavy atom. The minimum Gasteiger partial charge on any atom is -0.462 e. The second-order valence-electron chi connectivity index (χ2n) is 13.3. The molecule has 210 valence electrons. The lowest BCUT2D eigenvalue weighted by atomic mass is 9.38. The van der Waals surface area contributed by atoms with Crippen LogP contribution in [0.1, 0.15) is 81.1 Å². The molecule has 0 radical (unpaired) electrons. The van der Waals surface area contributed by atoms with Gasteiger partial charge in [0.1, 0.15) is 18.3 Å². The van der Waals surface area contributed by atoms with Crippen molar-refractivity contribution in [3.63, 3.8) is 0 Å². The molecule has 0 aromatic heterocycles. The summed E-state index contributed by atoms with van der Waals surface area (Å²) in [4.78, 5) is 51.9. The van der Waals surface area contributed by atoms with Gasteiger partial charge in [0.05, 0.1) is 11.5 Å². The Balaban J connectivity index is 1.82. The van der Waals surface area contributed by atoms with E-state index in [9.17, 15) is 19.2 Å². The van der Waals surface area contributed by atoms with Gasteiger partial charge in [-0.05, 0) is 44.4 Å². The molecule has 9 heteroatoms. The molecule has 9 atom stereocenters. The molecule has 0 aromatic carbocycles. The molecule has 5 rings (SSSR count). The molecule has 2 bridgehead atoms. The maximum Gasteiger partial charge on any atom is 0.303 e. The third-order valence-electron chi connectivity index (χ3n) is 10.3. The monoisotopic (exact) mass is 532 g/mol. The Bertz CT molecular complexity index is 1120. The van der Waals surface area contributed by atoms with Crippen LogP contribution >= 0.6 is 0 Å². The van der Waals surface area contributed by atoms with Gasteiger partial charge >= 0.3 is 17.9 Å². The highest BCUT2D eigenvalue weighted by Crippen LogP contribution is 2.75. The van der Waals surface area contributed by atoms with Crippen molar-refractivity contribution in [3.8, 4) is 0 Å². The maximum absolute atomic E-state index is 14.6. The van der Waals surface area contributed by atoms with Gasteiger partial charge in [-0.25, -0.2) is 0 Å². The third-order valence-corrected chi connectivity index (χ3v) is 10.3. The average Bonchev–Trinajstić information content (AvgIpc) is 2.86. The molecule has 1 heterocycles. The number of carbonyl (C=O) groups excluding carboxylic acids is 4. The molecule has 9 unspecified atom stereocenters. The van der Waals surface area contributed by atoms with E-state index in [-0.39, 0.29) is 29.1 Å². The first-order valence-electron chi connectivity index (χ1n) is 13.6. The van der Waals surface area contributed by atoms with Gasteiger partial charge in [0.15, 0.2) is 17.2 Å². The molecular weight excluding hydrogens is 492 g/mol. The smallest absolute Gasteiger partial charge is 0.303 e. The molecule has 4 aliphatic carbocycles. The molecule has 0 aromatic rings. The Hall–Kier alpha value is -2.26. The van der Waals surface area contributed by atoms with Crippen LogP contribution in [0.15, 0.2) is 12.2 Å². The number of carbonyl (C=O) groups is 4. The number of esters is 3. The van der Waals surface area contributed by atoms with Crippen molar-refractivity contribution < 1.29 is 42.9 Å². The van der Waals surface area contributed by atoms with E-state index in [1.54, 1.807) is 13.8 Å². The fourth-order valence-corrected chi connectivity index (χ4v) is 9.37. The van der Waals surface area contributed by atoms with Gasteiger partial charge in [0.2, 0.25) is 0 Å². The standard InChI is InChI=1S/C29H40O9/c1-14-23(33)29-21-12-19-25(5,6)11-10-20(35-16(3)31)27(19,9)22(29)18(34-15(2)30)13-28(14,36-17(4)32)24(29)38-26(7,8)37-21/h18-22,24H,1,10-13H2,2-9H3. The largest absolute Gasteiger partial charge is 0.462 e. The normalized spacial score (nSPS) is 45.9. The molecule has 1 aliphatic heterocycles. The lowest BCUT2D eigenvalue weighted by molar-refractivity contribution is -0.406. The predicted octanol–water partition coefficient (Wildman–Crippen LogP) is 3.66. The van der Waals surface area contributed by atoms with Crippen molar-refractivity contribution in [3.05, 3.63) is 12.2 Å². The zero-order valence-electron chi connectivity index (χ0n) is 23.7. The summed E-state index contributed by atoms with van der Waals surface area (Å²) in [6.45, 7) is 18.2. The van der Waals surface area contributed by atoms with Crippen molar-refractivity contribution in [1.29, 1.82) is 0 Å². The summed E-state index contributed by atoms with van der Waals surface area (Å²) in [5.74, 6) is -3.55. The van der Waals surface area contributed by atoms with Crippen LogP contribution < -0.4 is 0 Å². The maximum atomic E-state index is 14.6. The molecule has 5 aliphatic rings. The van der Waals surface area contributed by atoms with E-state index in [1.165, 1.54) is 20.8 Å². The number of fused-ring (bicyclic) bond motifs is 2. The van der Waals surface area contributed by atoms with E-state index in [0.29, 0.717) is 12.8 Å². The minimum absolute atomic E-state index is 0.0200. The molecule has 0 N–H and O–H groups in total. The minimum atomic E-state index is -1.51. The van der Waals surface area contributed by atoms with Gasteiger partial charge in [0, 0.05) is 44.1 Å². The lowest BCUT2D eigenvalue weighted by Gasteiger charge is -2.70. The van der Waals surface area contributed by atoms with Crippen LogP contribution in [0.4, 0.5) is 0 Å². The fourth-order valence-electron chi connectivity index (χ4n) is 9.37. The number of ketones is 1. The van der Waals surface area contributed by atoms with E-state index in [4.69, 9.17) is 23.7 Å². The first kappa shape index (κ1) is 27.3. The number of rotatable bonds is 3. The predicted molar refractivity (Wildman–Crippen MR) is 133 cm³/mol. The molecule has 38 heavy (non-hydrogen) atoms. The van der Waals surface area contributed by atoms with E-state index < -0.39 is 70.5 Å². The third kappa shape index (κ3) is 3.36. The quantitative estimate of drug-likeness (QED) is 0.305. The summed E-state index contributed by atoms with van der Waals surface area (Å²) in [6.07, 6.45) is -0.921. The topological polar surface area (TPSA) is 114 Å². The highest BCUT2D eigenvalue weighted by Gasteiger charge is 2.85. The van der Waals surface area contributed by atoms with Gasteiger partial charge < -0.3 is 23.7 Å². The van der Waals surface area contributed by atoms with Gasteiger partial charge in [0.25, 0.3) is 0 Å². The van der Waals surface area contributed by atoms with Gasteiger partial charge in [-0.2, -0.15) is 0 Å². The van der Waals surface area contributed by atoms with E-state index >= 15 is 0 Å². The molecule has 9 nitrogen and oxygen atoms in total. The van der Waals surface area contributed by atoms with Crippen LogP contribution in [-0.4, -0.2) is 59.5 Å². The van der Waals surface area contributed by atoms with Gasteiger partial charge in [-0.3, -0.25) is 19.2 Å². The Kier molecular flexibility index (Phi) is 5.84. The number of hydrogen-bond donors (Lipinski definition) is 0. The average molecular weight is 533 g/mol. The summed E-state index contributed by atoms with van der Waals surface area (Å²) in [5, 5.41) is 0. The van der Waals surface area contributed by atoms with Gasteiger partial charge in [-0.1, -0.05) is 27.4 Å². The number of ether oxygens (including phenoxy) is 5. The van der Waals surface area contributed by atoms with Crippen LogP contribution in [0.25, 0.3) is 0 Å². The Labute approximate surface area is 223 Å². The summed E-state index contributed by atoms with van der Waals surface area (Å²) >= 11 is 0. The Morgan fingerprint density at radius 2 is 1.58 bits per heavy atom. The Morgan fingerprint density at radius 3 is 2.16 bits per heavy atom. The summed E-state index contributed by atoms with van der Waals surface area (Å²) in [5.41, 5.74) is -3.69. The van der Waals surface area contributed by atoms with Crippen LogP contribution in [0.2, 0.25) is 0 Å². The summed E-state index contributed by atoms with van der Waals surface area (Å²) in [7, 11) is 0. The molecular formula is C29H40O9. The fraction of sp³-hybridized carbons (Fsp3) is 0.793. The van der Waals surface area contributed by atoms with Crippen LogP contribution in [0.3, 0.4) is 0 Å². The van der Waals surface area contributed by atoms with Crippen molar-refractivity contribution in [2.75, 3.05) is 0 Å². The zero-order valence-corrected chi connectivity index (χ0v) is 23.7. The van der Waals surface area contributed by atoms with E-state index in [0.717, 1.165) is 6.42 Å². The SMILES string of the molecule is C=C1C(=O)C23C4CC5C(C)(C)CCC(OC(C)=O)C5(C)C2C(OC(C)=O)CC1(OC(C)=O)C3OC(C)(C)O4. The summed E-state index contributed by atoms with van der Waals surface area (Å²) in [6, 6.07) is 0. The number of Topliss-reactive ketones (excluding diaryl/α,β-unsaturated/α-hetero) is 1. The van der Waals surface area contributed by atoms with Crippen molar-refractivity contribution >= 4 is 23.7 Å². The molecule has 5 fully saturated rings. The second kappa shape index (κ2) is 8.13. The highest BCUT2D eigenvalue weighted by molar-refractivity contribution is 6.07.